The number of hydrogen-bond donors (Lipinski definition) is 1. The van der Waals surface area contributed by atoms with Gasteiger partial charge in [0.15, 0.2) is 0 Å². The summed E-state index contributed by atoms with van der Waals surface area (Å²) in [7, 11) is 0. The first-order chi connectivity index (χ1) is 6.83. The molecule has 0 aliphatic heterocycles. The van der Waals surface area contributed by atoms with Crippen LogP contribution in [0.15, 0.2) is 18.3 Å². The van der Waals surface area contributed by atoms with Gasteiger partial charge in [0.2, 0.25) is 0 Å². The highest BCUT2D eigenvalue weighted by atomic mass is 16.3. The summed E-state index contributed by atoms with van der Waals surface area (Å²) in [6.07, 6.45) is 6.95. The second-order valence-corrected chi connectivity index (χ2v) is 2.86. The molecular formula is C11H14N2O. The summed E-state index contributed by atoms with van der Waals surface area (Å²) in [5, 5.41) is 9.11. The number of anilines is 1. The molecule has 0 bridgehead atoms. The van der Waals surface area contributed by atoms with Crippen molar-refractivity contribution in [2.24, 2.45) is 0 Å². The molecular weight excluding hydrogens is 176 g/mol. The molecule has 0 saturated carbocycles. The van der Waals surface area contributed by atoms with Crippen LogP contribution in [0, 0.1) is 12.3 Å². The fourth-order valence-corrected chi connectivity index (χ4v) is 1.29. The average Bonchev–Trinajstić information content (AvgIpc) is 2.26. The second-order valence-electron chi connectivity index (χ2n) is 2.86. The largest absolute Gasteiger partial charge is 0.392 e. The molecule has 0 unspecified atom stereocenters. The van der Waals surface area contributed by atoms with E-state index in [9.17, 15) is 0 Å². The van der Waals surface area contributed by atoms with Crippen molar-refractivity contribution in [1.29, 1.82) is 0 Å². The average molecular weight is 190 g/mol. The number of aliphatic hydroxyl groups excluding tert-OH is 1. The van der Waals surface area contributed by atoms with Crippen LogP contribution in [-0.2, 0) is 6.61 Å². The van der Waals surface area contributed by atoms with Crippen LogP contribution in [-0.4, -0.2) is 23.2 Å². The molecule has 1 N–H and O–H groups in total. The van der Waals surface area contributed by atoms with E-state index < -0.39 is 0 Å². The molecule has 0 saturated heterocycles. The Hall–Kier alpha value is -1.53. The van der Waals surface area contributed by atoms with Crippen molar-refractivity contribution in [3.05, 3.63) is 23.9 Å². The van der Waals surface area contributed by atoms with E-state index in [1.165, 1.54) is 0 Å². The zero-order valence-corrected chi connectivity index (χ0v) is 8.27. The number of pyridine rings is 1. The normalized spacial score (nSPS) is 9.50. The lowest BCUT2D eigenvalue weighted by atomic mass is 10.2. The molecule has 1 rings (SSSR count). The first-order valence-corrected chi connectivity index (χ1v) is 4.56. The minimum Gasteiger partial charge on any atom is -0.392 e. The van der Waals surface area contributed by atoms with Gasteiger partial charge in [0.1, 0.15) is 5.82 Å². The summed E-state index contributed by atoms with van der Waals surface area (Å²) in [4.78, 5) is 6.16. The Balaban J connectivity index is 2.97. The third kappa shape index (κ3) is 2.24. The predicted molar refractivity (Wildman–Crippen MR) is 56.9 cm³/mol. The fourth-order valence-electron chi connectivity index (χ4n) is 1.29. The molecule has 1 aromatic heterocycles. The maximum atomic E-state index is 9.11. The number of aromatic nitrogens is 1. The van der Waals surface area contributed by atoms with Crippen LogP contribution in [0.1, 0.15) is 12.5 Å². The van der Waals surface area contributed by atoms with Crippen molar-refractivity contribution in [3.8, 4) is 12.3 Å². The SMILES string of the molecule is C#CCN(CC)c1ncccc1CO. The molecule has 74 valence electrons. The number of nitrogens with zero attached hydrogens (tertiary/aromatic N) is 2. The molecule has 0 spiro atoms. The lowest BCUT2D eigenvalue weighted by molar-refractivity contribution is 0.281. The van der Waals surface area contributed by atoms with Crippen molar-refractivity contribution in [2.75, 3.05) is 18.0 Å². The van der Waals surface area contributed by atoms with Crippen LogP contribution in [0.2, 0.25) is 0 Å². The Bertz CT molecular complexity index is 330. The van der Waals surface area contributed by atoms with Gasteiger partial charge in [-0.25, -0.2) is 4.98 Å². The molecule has 1 heterocycles. The third-order valence-electron chi connectivity index (χ3n) is 2.00. The third-order valence-corrected chi connectivity index (χ3v) is 2.00. The monoisotopic (exact) mass is 190 g/mol. The van der Waals surface area contributed by atoms with E-state index in [1.54, 1.807) is 12.3 Å². The Morgan fingerprint density at radius 1 is 1.64 bits per heavy atom. The minimum absolute atomic E-state index is 0.00968. The fraction of sp³-hybridized carbons (Fsp3) is 0.364. The predicted octanol–water partition coefficient (Wildman–Crippen LogP) is 1.03. The summed E-state index contributed by atoms with van der Waals surface area (Å²) in [5.41, 5.74) is 0.810. The van der Waals surface area contributed by atoms with Gasteiger partial charge in [0.25, 0.3) is 0 Å². The summed E-state index contributed by atoms with van der Waals surface area (Å²) in [5.74, 6) is 3.35. The van der Waals surface area contributed by atoms with Crippen molar-refractivity contribution in [2.45, 2.75) is 13.5 Å². The lowest BCUT2D eigenvalue weighted by Gasteiger charge is -2.21. The highest BCUT2D eigenvalue weighted by Crippen LogP contribution is 2.16. The zero-order chi connectivity index (χ0) is 10.4. The highest BCUT2D eigenvalue weighted by molar-refractivity contribution is 5.47. The molecule has 0 radical (unpaired) electrons. The topological polar surface area (TPSA) is 36.4 Å². The molecule has 1 aromatic rings. The standard InChI is InChI=1S/C11H14N2O/c1-3-8-13(4-2)11-10(9-14)6-5-7-12-11/h1,5-7,14H,4,8-9H2,2H3. The first kappa shape index (κ1) is 10.6. The van der Waals surface area contributed by atoms with Crippen molar-refractivity contribution < 1.29 is 5.11 Å². The molecule has 0 aromatic carbocycles. The summed E-state index contributed by atoms with van der Waals surface area (Å²) in [6, 6.07) is 3.65. The van der Waals surface area contributed by atoms with Crippen molar-refractivity contribution in [1.82, 2.24) is 4.98 Å². The van der Waals surface area contributed by atoms with Crippen LogP contribution < -0.4 is 4.90 Å². The lowest BCUT2D eigenvalue weighted by Crippen LogP contribution is -2.25. The Morgan fingerprint density at radius 2 is 2.43 bits per heavy atom. The number of aliphatic hydroxyl groups is 1. The Labute approximate surface area is 84.4 Å². The maximum Gasteiger partial charge on any atom is 0.134 e. The highest BCUT2D eigenvalue weighted by Gasteiger charge is 2.08. The van der Waals surface area contributed by atoms with E-state index in [-0.39, 0.29) is 6.61 Å². The van der Waals surface area contributed by atoms with E-state index in [4.69, 9.17) is 11.5 Å². The number of terminal acetylenes is 1. The maximum absolute atomic E-state index is 9.11. The number of hydrogen-bond acceptors (Lipinski definition) is 3. The summed E-state index contributed by atoms with van der Waals surface area (Å²) < 4.78 is 0. The molecule has 0 aliphatic rings. The van der Waals surface area contributed by atoms with Crippen LogP contribution in [0.3, 0.4) is 0 Å². The van der Waals surface area contributed by atoms with Gasteiger partial charge in [-0.1, -0.05) is 12.0 Å². The van der Waals surface area contributed by atoms with Gasteiger partial charge in [0.05, 0.1) is 13.2 Å². The van der Waals surface area contributed by atoms with E-state index in [0.717, 1.165) is 17.9 Å². The molecule has 3 nitrogen and oxygen atoms in total. The van der Waals surface area contributed by atoms with Crippen LogP contribution in [0.4, 0.5) is 5.82 Å². The van der Waals surface area contributed by atoms with Gasteiger partial charge < -0.3 is 10.0 Å². The van der Waals surface area contributed by atoms with Crippen LogP contribution >= 0.6 is 0 Å². The molecule has 0 fully saturated rings. The van der Waals surface area contributed by atoms with E-state index in [0.29, 0.717) is 6.54 Å². The molecule has 3 heteroatoms. The summed E-state index contributed by atoms with van der Waals surface area (Å²) in [6.45, 7) is 3.30. The summed E-state index contributed by atoms with van der Waals surface area (Å²) >= 11 is 0. The quantitative estimate of drug-likeness (QED) is 0.720. The van der Waals surface area contributed by atoms with E-state index >= 15 is 0 Å². The van der Waals surface area contributed by atoms with Gasteiger partial charge in [-0.15, -0.1) is 6.42 Å². The molecule has 0 atom stereocenters. The van der Waals surface area contributed by atoms with Crippen LogP contribution in [0.5, 0.6) is 0 Å². The zero-order valence-electron chi connectivity index (χ0n) is 8.27. The van der Waals surface area contributed by atoms with Gasteiger partial charge >= 0.3 is 0 Å². The van der Waals surface area contributed by atoms with Gasteiger partial charge in [-0.2, -0.15) is 0 Å². The second kappa shape index (κ2) is 5.25. The smallest absolute Gasteiger partial charge is 0.134 e. The first-order valence-electron chi connectivity index (χ1n) is 4.56. The molecule has 0 amide bonds. The van der Waals surface area contributed by atoms with E-state index in [1.807, 2.05) is 17.9 Å². The Kier molecular flexibility index (Phi) is 3.96. The van der Waals surface area contributed by atoms with Gasteiger partial charge in [-0.05, 0) is 13.0 Å². The molecule has 0 aliphatic carbocycles. The van der Waals surface area contributed by atoms with Gasteiger partial charge in [-0.3, -0.25) is 0 Å². The number of rotatable bonds is 4. The van der Waals surface area contributed by atoms with Crippen LogP contribution in [0.25, 0.3) is 0 Å². The minimum atomic E-state index is -0.00968. The van der Waals surface area contributed by atoms with Crippen molar-refractivity contribution in [3.63, 3.8) is 0 Å². The molecule has 14 heavy (non-hydrogen) atoms. The van der Waals surface area contributed by atoms with E-state index in [2.05, 4.69) is 10.9 Å². The van der Waals surface area contributed by atoms with Crippen molar-refractivity contribution >= 4 is 5.82 Å². The Morgan fingerprint density at radius 3 is 3.00 bits per heavy atom. The van der Waals surface area contributed by atoms with Gasteiger partial charge in [0, 0.05) is 18.3 Å².